The molecule has 1 aliphatic rings. The second kappa shape index (κ2) is 16.4. The first-order valence-corrected chi connectivity index (χ1v) is 21.3. The first-order chi connectivity index (χ1) is 23.7. The number of unbranched alkanes of at least 4 members (excludes halogenated alkanes) is 1. The van der Waals surface area contributed by atoms with Crippen molar-refractivity contribution in [2.45, 2.75) is 169 Å². The van der Waals surface area contributed by atoms with Crippen LogP contribution in [0.1, 0.15) is 139 Å². The van der Waals surface area contributed by atoms with Crippen molar-refractivity contribution in [2.75, 3.05) is 18.1 Å². The second-order valence-electron chi connectivity index (χ2n) is 18.2. The Hall–Kier alpha value is -3.26. The van der Waals surface area contributed by atoms with Crippen LogP contribution in [0.3, 0.4) is 0 Å². The van der Waals surface area contributed by atoms with Gasteiger partial charge in [-0.25, -0.2) is 32.9 Å². The highest BCUT2D eigenvalue weighted by Gasteiger charge is 2.42. The van der Waals surface area contributed by atoms with Crippen molar-refractivity contribution in [3.05, 3.63) is 29.6 Å². The number of carbonyl (C=O) groups excluding carboxylic acids is 2. The lowest BCUT2D eigenvalue weighted by atomic mass is 10.0. The fourth-order valence-corrected chi connectivity index (χ4v) is 6.93. The highest BCUT2D eigenvalue weighted by Crippen LogP contribution is 2.44. The third kappa shape index (κ3) is 12.4. The Balaban J connectivity index is 1.96. The number of amides is 2. The average Bonchev–Trinajstić information content (AvgIpc) is 3.59. The number of pyridine rings is 1. The number of hydrogen-bond acceptors (Lipinski definition) is 8. The Morgan fingerprint density at radius 3 is 2.13 bits per heavy atom. The number of alkyl halides is 2. The third-order valence-electron chi connectivity index (χ3n) is 9.00. The van der Waals surface area contributed by atoms with E-state index in [0.717, 1.165) is 25.0 Å². The lowest BCUT2D eigenvalue weighted by Gasteiger charge is -2.38. The molecule has 3 rings (SSSR count). The van der Waals surface area contributed by atoms with E-state index in [1.54, 1.807) is 46.2 Å². The monoisotopic (exact) mass is 751 g/mol. The topological polar surface area (TPSA) is 117 Å². The van der Waals surface area contributed by atoms with Gasteiger partial charge >= 0.3 is 12.2 Å². The van der Waals surface area contributed by atoms with Gasteiger partial charge in [-0.05, 0) is 119 Å². The largest absolute Gasteiger partial charge is 0.478 e. The first-order valence-electron chi connectivity index (χ1n) is 18.4. The van der Waals surface area contributed by atoms with Gasteiger partial charge in [-0.2, -0.15) is 5.10 Å². The normalized spacial score (nSPS) is 17.3. The van der Waals surface area contributed by atoms with Crippen molar-refractivity contribution in [3.8, 4) is 5.88 Å². The van der Waals surface area contributed by atoms with E-state index < -0.39 is 49.4 Å². The van der Waals surface area contributed by atoms with E-state index >= 15 is 0 Å². The molecule has 14 heteroatoms. The number of ether oxygens (including phenoxy) is 3. The summed E-state index contributed by atoms with van der Waals surface area (Å²) in [5, 5.41) is 7.82. The maximum Gasteiger partial charge on any atom is 0.420 e. The van der Waals surface area contributed by atoms with E-state index in [0.29, 0.717) is 25.2 Å². The Labute approximate surface area is 310 Å². The number of aromatic nitrogens is 3. The van der Waals surface area contributed by atoms with Crippen molar-refractivity contribution < 1.29 is 37.0 Å². The number of carbonyl (C=O) groups is 2. The van der Waals surface area contributed by atoms with Crippen LogP contribution in [-0.2, 0) is 19.4 Å². The van der Waals surface area contributed by atoms with Crippen LogP contribution in [0.2, 0.25) is 18.1 Å². The molecule has 0 spiro atoms. The molecule has 2 atom stereocenters. The Morgan fingerprint density at radius 2 is 1.58 bits per heavy atom. The van der Waals surface area contributed by atoms with Gasteiger partial charge in [0.15, 0.2) is 8.32 Å². The predicted molar refractivity (Wildman–Crippen MR) is 202 cm³/mol. The van der Waals surface area contributed by atoms with Crippen LogP contribution in [-0.4, -0.2) is 65.7 Å². The van der Waals surface area contributed by atoms with Gasteiger partial charge in [-0.3, -0.25) is 0 Å². The van der Waals surface area contributed by atoms with Gasteiger partial charge in [0.2, 0.25) is 5.88 Å². The van der Waals surface area contributed by atoms with Crippen LogP contribution in [0.5, 0.6) is 5.88 Å². The van der Waals surface area contributed by atoms with Gasteiger partial charge in [-0.15, -0.1) is 0 Å². The summed E-state index contributed by atoms with van der Waals surface area (Å²) < 4.78 is 54.1. The highest BCUT2D eigenvalue weighted by atomic mass is 28.4. The summed E-state index contributed by atoms with van der Waals surface area (Å²) in [4.78, 5) is 31.4. The maximum absolute atomic E-state index is 14.3. The first kappa shape index (κ1) is 43.1. The molecule has 1 N–H and O–H groups in total. The molecule has 0 aliphatic heterocycles. The fourth-order valence-electron chi connectivity index (χ4n) is 5.52. The predicted octanol–water partition coefficient (Wildman–Crippen LogP) is 10.4. The molecule has 52 heavy (non-hydrogen) atoms. The zero-order valence-electron chi connectivity index (χ0n) is 33.9. The molecule has 1 aliphatic carbocycles. The van der Waals surface area contributed by atoms with Gasteiger partial charge in [0, 0.05) is 30.7 Å². The molecular formula is C38H63F2N5O6Si. The van der Waals surface area contributed by atoms with Crippen molar-refractivity contribution in [2.24, 2.45) is 0 Å². The summed E-state index contributed by atoms with van der Waals surface area (Å²) in [5.74, 6) is 0.413. The van der Waals surface area contributed by atoms with Gasteiger partial charge in [0.05, 0.1) is 23.5 Å². The summed E-state index contributed by atoms with van der Waals surface area (Å²) in [6.45, 7) is 28.2. The molecule has 0 radical (unpaired) electrons. The summed E-state index contributed by atoms with van der Waals surface area (Å²) in [5.41, 5.74) is -1.70. The standard InChI is InChI=1S/C38H63F2N5O6Si/c1-35(2,3)45-31(24-28(43-45)25-17-18-27(21-25)51-52(13,14)38(10,11)12)44(34(47)50-37(7,8)9)26-22-29(32(39)40)42-30(23-26)48-20-16-15-19-41-33(46)49-36(4,5)6/h22-25,27,32H,15-21H2,1-14H3,(H,41,46)/t25-,27+/m0/s1. The zero-order chi connectivity index (χ0) is 39.4. The number of nitrogens with one attached hydrogen (secondary N) is 1. The molecule has 1 fully saturated rings. The number of halogens is 2. The molecule has 2 aromatic rings. The van der Waals surface area contributed by atoms with Crippen LogP contribution in [0.4, 0.5) is 29.9 Å². The molecule has 0 aromatic carbocycles. The minimum Gasteiger partial charge on any atom is -0.478 e. The van der Waals surface area contributed by atoms with E-state index in [2.05, 4.69) is 44.2 Å². The highest BCUT2D eigenvalue weighted by molar-refractivity contribution is 6.74. The molecule has 294 valence electrons. The number of nitrogens with zero attached hydrogens (tertiary/aromatic N) is 4. The van der Waals surface area contributed by atoms with E-state index in [4.69, 9.17) is 23.7 Å². The van der Waals surface area contributed by atoms with Gasteiger partial charge in [-0.1, -0.05) is 20.8 Å². The van der Waals surface area contributed by atoms with E-state index in [1.807, 2.05) is 26.8 Å². The SMILES string of the molecule is CC(C)(C)OC(=O)NCCCCOc1cc(N(C(=O)OC(C)(C)C)c2cc([C@H]3CC[C@@H](O[Si](C)(C)C(C)(C)C)C3)nn2C(C)(C)C)cc(C(F)F)n1. The van der Waals surface area contributed by atoms with Crippen molar-refractivity contribution in [1.29, 1.82) is 0 Å². The number of hydrogen-bond donors (Lipinski definition) is 1. The summed E-state index contributed by atoms with van der Waals surface area (Å²) >= 11 is 0. The van der Waals surface area contributed by atoms with Crippen LogP contribution in [0.15, 0.2) is 18.2 Å². The van der Waals surface area contributed by atoms with Gasteiger partial charge in [0.25, 0.3) is 6.43 Å². The van der Waals surface area contributed by atoms with Crippen molar-refractivity contribution >= 4 is 32.0 Å². The molecule has 2 aromatic heterocycles. The second-order valence-corrected chi connectivity index (χ2v) is 23.0. The molecule has 2 amide bonds. The summed E-state index contributed by atoms with van der Waals surface area (Å²) in [6.07, 6.45) is -0.442. The van der Waals surface area contributed by atoms with Crippen LogP contribution >= 0.6 is 0 Å². The number of anilines is 2. The lowest BCUT2D eigenvalue weighted by Crippen LogP contribution is -2.43. The van der Waals surface area contributed by atoms with Crippen LogP contribution in [0.25, 0.3) is 0 Å². The minimum atomic E-state index is -2.93. The quantitative estimate of drug-likeness (QED) is 0.168. The fraction of sp³-hybridized carbons (Fsp3) is 0.737. The van der Waals surface area contributed by atoms with Gasteiger partial charge < -0.3 is 24.0 Å². The number of rotatable bonds is 12. The molecular weight excluding hydrogens is 689 g/mol. The van der Waals surface area contributed by atoms with E-state index in [-0.39, 0.29) is 35.2 Å². The molecule has 0 bridgehead atoms. The Morgan fingerprint density at radius 1 is 0.942 bits per heavy atom. The minimum absolute atomic E-state index is 0.0649. The van der Waals surface area contributed by atoms with E-state index in [1.165, 1.54) is 17.0 Å². The molecule has 11 nitrogen and oxygen atoms in total. The molecule has 0 unspecified atom stereocenters. The van der Waals surface area contributed by atoms with Crippen molar-refractivity contribution in [1.82, 2.24) is 20.1 Å². The Kier molecular flexibility index (Phi) is 13.6. The summed E-state index contributed by atoms with van der Waals surface area (Å²) in [6, 6.07) is 4.52. The van der Waals surface area contributed by atoms with E-state index in [9.17, 15) is 18.4 Å². The molecule has 0 saturated heterocycles. The Bertz CT molecular complexity index is 1520. The van der Waals surface area contributed by atoms with Crippen LogP contribution < -0.4 is 15.0 Å². The third-order valence-corrected chi connectivity index (χ3v) is 13.5. The average molecular weight is 752 g/mol. The lowest BCUT2D eigenvalue weighted by molar-refractivity contribution is 0.0524. The number of alkyl carbamates (subject to hydrolysis) is 1. The van der Waals surface area contributed by atoms with Gasteiger partial charge in [0.1, 0.15) is 22.7 Å². The van der Waals surface area contributed by atoms with Crippen LogP contribution in [0, 0.1) is 0 Å². The molecule has 1 saturated carbocycles. The zero-order valence-corrected chi connectivity index (χ0v) is 34.9. The maximum atomic E-state index is 14.3. The molecule has 2 heterocycles. The smallest absolute Gasteiger partial charge is 0.420 e. The van der Waals surface area contributed by atoms with Crippen molar-refractivity contribution in [3.63, 3.8) is 0 Å². The summed E-state index contributed by atoms with van der Waals surface area (Å²) in [7, 11) is -1.98.